The van der Waals surface area contributed by atoms with E-state index in [2.05, 4.69) is 12.2 Å². The Kier molecular flexibility index (Phi) is 6.04. The number of nitrogens with zero attached hydrogens (tertiary/aromatic N) is 1. The Hall–Kier alpha value is -1.56. The second-order valence-electron chi connectivity index (χ2n) is 5.88. The van der Waals surface area contributed by atoms with Gasteiger partial charge in [0.15, 0.2) is 0 Å². The van der Waals surface area contributed by atoms with E-state index in [0.29, 0.717) is 18.7 Å². The first kappa shape index (κ1) is 17.8. The smallest absolute Gasteiger partial charge is 0.251 e. The number of fused-ring (bicyclic) bond motifs is 1. The number of unbranched alkanes of at least 4 members (excludes halogenated alkanes) is 2. The molecule has 0 radical (unpaired) electrons. The molecule has 0 saturated carbocycles. The van der Waals surface area contributed by atoms with Crippen molar-refractivity contribution in [2.24, 2.45) is 0 Å². The van der Waals surface area contributed by atoms with Gasteiger partial charge in [-0.05, 0) is 49.9 Å². The van der Waals surface area contributed by atoms with E-state index in [9.17, 15) is 13.2 Å². The summed E-state index contributed by atoms with van der Waals surface area (Å²) in [6.45, 7) is 4.98. The predicted octanol–water partition coefficient (Wildman–Crippen LogP) is 2.71. The monoisotopic (exact) mass is 338 g/mol. The molecule has 5 nitrogen and oxygen atoms in total. The Balaban J connectivity index is 2.14. The van der Waals surface area contributed by atoms with Crippen LogP contribution in [0.15, 0.2) is 18.2 Å². The van der Waals surface area contributed by atoms with E-state index in [1.54, 1.807) is 19.1 Å². The summed E-state index contributed by atoms with van der Waals surface area (Å²) in [6.07, 6.45) is 4.80. The van der Waals surface area contributed by atoms with Crippen LogP contribution in [0.4, 0.5) is 5.69 Å². The predicted molar refractivity (Wildman–Crippen MR) is 93.4 cm³/mol. The van der Waals surface area contributed by atoms with Crippen molar-refractivity contribution in [3.63, 3.8) is 0 Å². The number of carbonyl (C=O) groups is 1. The minimum absolute atomic E-state index is 0.0839. The molecule has 0 aliphatic carbocycles. The molecule has 1 aromatic carbocycles. The van der Waals surface area contributed by atoms with Gasteiger partial charge in [0, 0.05) is 18.7 Å². The fourth-order valence-electron chi connectivity index (χ4n) is 2.83. The minimum Gasteiger partial charge on any atom is -0.352 e. The van der Waals surface area contributed by atoms with Crippen LogP contribution in [-0.2, 0) is 16.4 Å². The maximum absolute atomic E-state index is 12.2. The van der Waals surface area contributed by atoms with E-state index in [4.69, 9.17) is 0 Å². The summed E-state index contributed by atoms with van der Waals surface area (Å²) < 4.78 is 25.9. The normalized spacial score (nSPS) is 14.4. The lowest BCUT2D eigenvalue weighted by molar-refractivity contribution is 0.0953. The molecular formula is C17H26N2O3S. The molecule has 0 aromatic heterocycles. The molecule has 6 heteroatoms. The molecule has 0 bridgehead atoms. The van der Waals surface area contributed by atoms with Crippen LogP contribution in [0.5, 0.6) is 0 Å². The molecule has 1 aromatic rings. The van der Waals surface area contributed by atoms with Crippen LogP contribution < -0.4 is 9.62 Å². The van der Waals surface area contributed by atoms with Gasteiger partial charge in [0.1, 0.15) is 0 Å². The highest BCUT2D eigenvalue weighted by atomic mass is 32.2. The van der Waals surface area contributed by atoms with Gasteiger partial charge in [0.25, 0.3) is 5.91 Å². The van der Waals surface area contributed by atoms with Gasteiger partial charge in [0.05, 0.1) is 11.4 Å². The number of hydrogen-bond donors (Lipinski definition) is 1. The molecule has 1 heterocycles. The van der Waals surface area contributed by atoms with Crippen molar-refractivity contribution in [3.05, 3.63) is 29.3 Å². The van der Waals surface area contributed by atoms with Crippen molar-refractivity contribution >= 4 is 21.6 Å². The number of sulfonamides is 1. The topological polar surface area (TPSA) is 66.5 Å². The first-order valence-corrected chi connectivity index (χ1v) is 10.0. The first-order valence-electron chi connectivity index (χ1n) is 8.41. The third-order valence-corrected chi connectivity index (χ3v) is 5.96. The Labute approximate surface area is 139 Å². The van der Waals surface area contributed by atoms with Gasteiger partial charge in [-0.3, -0.25) is 9.10 Å². The highest BCUT2D eigenvalue weighted by Gasteiger charge is 2.26. The molecule has 0 atom stereocenters. The van der Waals surface area contributed by atoms with Crippen LogP contribution >= 0.6 is 0 Å². The molecule has 1 aliphatic heterocycles. The van der Waals surface area contributed by atoms with Crippen molar-refractivity contribution < 1.29 is 13.2 Å². The standard InChI is InChI=1S/C17H26N2O3S/c1-3-5-6-11-18-17(20)15-9-10-16-14(13-15)8-7-12-19(16)23(21,22)4-2/h9-10,13H,3-8,11-12H2,1-2H3,(H,18,20). The molecule has 1 N–H and O–H groups in total. The molecule has 0 unspecified atom stereocenters. The zero-order chi connectivity index (χ0) is 16.9. The van der Waals surface area contributed by atoms with Crippen LogP contribution in [0.1, 0.15) is 55.5 Å². The fourth-order valence-corrected chi connectivity index (χ4v) is 4.02. The van der Waals surface area contributed by atoms with Gasteiger partial charge in [0.2, 0.25) is 10.0 Å². The average molecular weight is 338 g/mol. The number of nitrogens with one attached hydrogen (secondary N) is 1. The number of benzene rings is 1. The Morgan fingerprint density at radius 1 is 1.26 bits per heavy atom. The molecule has 128 valence electrons. The Morgan fingerprint density at radius 2 is 2.04 bits per heavy atom. The van der Waals surface area contributed by atoms with Crippen molar-refractivity contribution in [2.75, 3.05) is 23.1 Å². The molecule has 0 fully saturated rings. The van der Waals surface area contributed by atoms with E-state index >= 15 is 0 Å². The molecule has 2 rings (SSSR count). The zero-order valence-corrected chi connectivity index (χ0v) is 14.8. The summed E-state index contributed by atoms with van der Waals surface area (Å²) >= 11 is 0. The van der Waals surface area contributed by atoms with Gasteiger partial charge in [-0.25, -0.2) is 8.42 Å². The highest BCUT2D eigenvalue weighted by molar-refractivity contribution is 7.92. The van der Waals surface area contributed by atoms with Gasteiger partial charge in [-0.2, -0.15) is 0 Å². The molecule has 0 saturated heterocycles. The summed E-state index contributed by atoms with van der Waals surface area (Å²) in [7, 11) is -3.26. The largest absolute Gasteiger partial charge is 0.352 e. The van der Waals surface area contributed by atoms with Gasteiger partial charge >= 0.3 is 0 Å². The van der Waals surface area contributed by atoms with Crippen LogP contribution in [0.3, 0.4) is 0 Å². The van der Waals surface area contributed by atoms with Gasteiger partial charge in [-0.15, -0.1) is 0 Å². The number of carbonyl (C=O) groups excluding carboxylic acids is 1. The maximum Gasteiger partial charge on any atom is 0.251 e. The summed E-state index contributed by atoms with van der Waals surface area (Å²) in [5, 5.41) is 2.92. The third kappa shape index (κ3) is 4.25. The number of anilines is 1. The summed E-state index contributed by atoms with van der Waals surface area (Å²) in [5.41, 5.74) is 2.27. The van der Waals surface area contributed by atoms with Gasteiger partial charge < -0.3 is 5.32 Å². The molecule has 0 spiro atoms. The first-order chi connectivity index (χ1) is 11.0. The lowest BCUT2D eigenvalue weighted by Crippen LogP contribution is -2.36. The van der Waals surface area contributed by atoms with Crippen LogP contribution in [0, 0.1) is 0 Å². The Bertz CT molecular complexity index is 656. The van der Waals surface area contributed by atoms with E-state index < -0.39 is 10.0 Å². The van der Waals surface area contributed by atoms with Crippen molar-refractivity contribution in [2.45, 2.75) is 46.0 Å². The van der Waals surface area contributed by atoms with Gasteiger partial charge in [-0.1, -0.05) is 19.8 Å². The average Bonchev–Trinajstić information content (AvgIpc) is 2.57. The zero-order valence-electron chi connectivity index (χ0n) is 14.0. The number of rotatable bonds is 7. The molecule has 1 amide bonds. The van der Waals surface area contributed by atoms with Crippen LogP contribution in [0.2, 0.25) is 0 Å². The fraction of sp³-hybridized carbons (Fsp3) is 0.588. The van der Waals surface area contributed by atoms with Crippen molar-refractivity contribution in [3.8, 4) is 0 Å². The molecule has 23 heavy (non-hydrogen) atoms. The van der Waals surface area contributed by atoms with Crippen LogP contribution in [-0.4, -0.2) is 33.2 Å². The second-order valence-corrected chi connectivity index (χ2v) is 8.06. The number of hydrogen-bond acceptors (Lipinski definition) is 3. The van der Waals surface area contributed by atoms with Crippen molar-refractivity contribution in [1.82, 2.24) is 5.32 Å². The SMILES string of the molecule is CCCCCNC(=O)c1ccc2c(c1)CCCN2S(=O)(=O)CC. The number of amides is 1. The lowest BCUT2D eigenvalue weighted by atomic mass is 10.0. The maximum atomic E-state index is 12.2. The third-order valence-electron chi connectivity index (χ3n) is 4.18. The van der Waals surface area contributed by atoms with Crippen molar-refractivity contribution in [1.29, 1.82) is 0 Å². The quantitative estimate of drug-likeness (QED) is 0.777. The van der Waals surface area contributed by atoms with E-state index in [1.165, 1.54) is 4.31 Å². The summed E-state index contributed by atoms with van der Waals surface area (Å²) in [6, 6.07) is 5.32. The Morgan fingerprint density at radius 3 is 2.74 bits per heavy atom. The summed E-state index contributed by atoms with van der Waals surface area (Å²) in [4.78, 5) is 12.2. The molecular weight excluding hydrogens is 312 g/mol. The minimum atomic E-state index is -3.26. The summed E-state index contributed by atoms with van der Waals surface area (Å²) in [5.74, 6) is 0.00548. The van der Waals surface area contributed by atoms with E-state index in [1.807, 2.05) is 6.07 Å². The lowest BCUT2D eigenvalue weighted by Gasteiger charge is -2.30. The second kappa shape index (κ2) is 7.81. The van der Waals surface area contributed by atoms with E-state index in [-0.39, 0.29) is 11.7 Å². The number of aryl methyl sites for hydroxylation is 1. The van der Waals surface area contributed by atoms with Crippen LogP contribution in [0.25, 0.3) is 0 Å². The van der Waals surface area contributed by atoms with E-state index in [0.717, 1.165) is 43.4 Å². The highest BCUT2D eigenvalue weighted by Crippen LogP contribution is 2.30. The molecule has 1 aliphatic rings.